The largest absolute Gasteiger partial charge is 0.383 e. The molecule has 0 saturated heterocycles. The molecule has 2 aromatic carbocycles. The maximum absolute atomic E-state index is 13.6. The van der Waals surface area contributed by atoms with Gasteiger partial charge in [0.2, 0.25) is 5.91 Å². The van der Waals surface area contributed by atoms with Crippen LogP contribution in [-0.4, -0.2) is 25.2 Å². The zero-order valence-corrected chi connectivity index (χ0v) is 20.7. The summed E-state index contributed by atoms with van der Waals surface area (Å²) in [5, 5.41) is 4.43. The number of nitrogen functional groups attached to an aromatic ring is 1. The van der Waals surface area contributed by atoms with Crippen molar-refractivity contribution < 1.29 is 4.79 Å². The zero-order valence-electron chi connectivity index (χ0n) is 20.7. The fourth-order valence-electron chi connectivity index (χ4n) is 4.37. The molecule has 36 heavy (non-hydrogen) atoms. The second-order valence-electron chi connectivity index (χ2n) is 8.80. The molecule has 2 heterocycles. The first-order valence-corrected chi connectivity index (χ1v) is 11.8. The maximum atomic E-state index is 13.6. The van der Waals surface area contributed by atoms with Crippen LogP contribution in [0.1, 0.15) is 34.5 Å². The van der Waals surface area contributed by atoms with Crippen molar-refractivity contribution in [3.8, 4) is 0 Å². The van der Waals surface area contributed by atoms with Gasteiger partial charge in [0.15, 0.2) is 5.69 Å². The van der Waals surface area contributed by atoms with Gasteiger partial charge >= 0.3 is 5.69 Å². The molecule has 2 aromatic heterocycles. The number of nitrogens with one attached hydrogen (secondary N) is 1. The molecule has 0 bridgehead atoms. The Morgan fingerprint density at radius 3 is 2.19 bits per heavy atom. The number of carbonyl (C=O) groups is 1. The van der Waals surface area contributed by atoms with Gasteiger partial charge in [-0.15, -0.1) is 0 Å². The van der Waals surface area contributed by atoms with E-state index in [1.165, 1.54) is 9.47 Å². The number of carbonyl (C=O) groups excluding carboxylic acids is 1. The number of hydrogen-bond donors (Lipinski definition) is 2. The van der Waals surface area contributed by atoms with E-state index in [0.717, 1.165) is 28.1 Å². The minimum Gasteiger partial charge on any atom is -0.383 e. The van der Waals surface area contributed by atoms with Crippen LogP contribution in [0.15, 0.2) is 70.3 Å². The number of H-pyrrole nitrogens is 1. The number of hydrogen-bond acceptors (Lipinski definition) is 5. The van der Waals surface area contributed by atoms with Crippen LogP contribution in [-0.2, 0) is 31.4 Å². The van der Waals surface area contributed by atoms with E-state index in [2.05, 4.69) is 10.1 Å². The molecular formula is C27H30N6O3. The number of anilines is 2. The number of benzene rings is 2. The van der Waals surface area contributed by atoms with Crippen molar-refractivity contribution >= 4 is 17.4 Å². The number of nitrogens with zero attached hydrogens (tertiary/aromatic N) is 4. The lowest BCUT2D eigenvalue weighted by atomic mass is 10.1. The number of rotatable bonds is 8. The fourth-order valence-corrected chi connectivity index (χ4v) is 4.37. The van der Waals surface area contributed by atoms with Gasteiger partial charge < -0.3 is 10.6 Å². The van der Waals surface area contributed by atoms with Gasteiger partial charge in [-0.25, -0.2) is 4.79 Å². The number of nitrogens with two attached hydrogens (primary N) is 1. The highest BCUT2D eigenvalue weighted by atomic mass is 16.2. The summed E-state index contributed by atoms with van der Waals surface area (Å²) in [6, 6.07) is 18.7. The molecule has 0 spiro atoms. The number of aromatic nitrogens is 4. The molecule has 4 aromatic rings. The molecule has 186 valence electrons. The minimum atomic E-state index is -0.695. The molecule has 0 radical (unpaired) electrons. The Morgan fingerprint density at radius 1 is 1.00 bits per heavy atom. The standard InChI is InChI=1S/C27H30N6O3/c1-18-22(19(2)31(3)30-18)14-15-23(34)32(16-20-10-6-4-7-11-20)24-25(28)33(27(36)29-26(24)35)17-21-12-8-5-9-13-21/h4-13H,14-17,28H2,1-3H3,(H,29,35,36). The first-order chi connectivity index (χ1) is 17.3. The van der Waals surface area contributed by atoms with Crippen molar-refractivity contribution in [3.63, 3.8) is 0 Å². The van der Waals surface area contributed by atoms with E-state index in [4.69, 9.17) is 5.73 Å². The minimum absolute atomic E-state index is 0.0287. The van der Waals surface area contributed by atoms with Gasteiger partial charge in [0, 0.05) is 19.2 Å². The van der Waals surface area contributed by atoms with Gasteiger partial charge in [-0.2, -0.15) is 5.10 Å². The zero-order chi connectivity index (χ0) is 25.8. The van der Waals surface area contributed by atoms with Gasteiger partial charge in [-0.05, 0) is 37.0 Å². The summed E-state index contributed by atoms with van der Waals surface area (Å²) in [6.07, 6.45) is 0.619. The Balaban J connectivity index is 1.73. The van der Waals surface area contributed by atoms with Gasteiger partial charge in [0.1, 0.15) is 5.82 Å². The highest BCUT2D eigenvalue weighted by Gasteiger charge is 2.25. The molecule has 1 amide bonds. The molecule has 0 atom stereocenters. The average Bonchev–Trinajstić information content (AvgIpc) is 3.11. The van der Waals surface area contributed by atoms with E-state index in [-0.39, 0.29) is 36.9 Å². The molecule has 9 nitrogen and oxygen atoms in total. The summed E-state index contributed by atoms with van der Waals surface area (Å²) in [6.45, 7) is 4.18. The summed E-state index contributed by atoms with van der Waals surface area (Å²) in [5.41, 5.74) is 9.60. The fraction of sp³-hybridized carbons (Fsp3) is 0.259. The van der Waals surface area contributed by atoms with Crippen molar-refractivity contribution in [2.24, 2.45) is 7.05 Å². The van der Waals surface area contributed by atoms with Crippen LogP contribution in [0.3, 0.4) is 0 Å². The number of aromatic amines is 1. The molecule has 9 heteroatoms. The van der Waals surface area contributed by atoms with Crippen LogP contribution in [0.4, 0.5) is 11.5 Å². The molecular weight excluding hydrogens is 456 g/mol. The average molecular weight is 487 g/mol. The first kappa shape index (κ1) is 24.7. The molecule has 0 unspecified atom stereocenters. The van der Waals surface area contributed by atoms with Crippen LogP contribution in [0.2, 0.25) is 0 Å². The lowest BCUT2D eigenvalue weighted by molar-refractivity contribution is -0.118. The van der Waals surface area contributed by atoms with Gasteiger partial charge in [-0.3, -0.25) is 23.8 Å². The highest BCUT2D eigenvalue weighted by Crippen LogP contribution is 2.23. The van der Waals surface area contributed by atoms with Crippen LogP contribution < -0.4 is 21.9 Å². The summed E-state index contributed by atoms with van der Waals surface area (Å²) in [7, 11) is 1.87. The highest BCUT2D eigenvalue weighted by molar-refractivity contribution is 5.95. The monoisotopic (exact) mass is 486 g/mol. The second kappa shape index (κ2) is 10.5. The van der Waals surface area contributed by atoms with Gasteiger partial charge in [0.25, 0.3) is 5.56 Å². The summed E-state index contributed by atoms with van der Waals surface area (Å²) in [5.74, 6) is -0.325. The van der Waals surface area contributed by atoms with Gasteiger partial charge in [-0.1, -0.05) is 60.7 Å². The summed E-state index contributed by atoms with van der Waals surface area (Å²) >= 11 is 0. The molecule has 4 rings (SSSR count). The molecule has 3 N–H and O–H groups in total. The topological polar surface area (TPSA) is 119 Å². The SMILES string of the molecule is Cc1nn(C)c(C)c1CCC(=O)N(Cc1ccccc1)c1c(N)n(Cc2ccccc2)c(=O)[nH]c1=O. The van der Waals surface area contributed by atoms with Crippen LogP contribution in [0.5, 0.6) is 0 Å². The van der Waals surface area contributed by atoms with Crippen LogP contribution in [0, 0.1) is 13.8 Å². The van der Waals surface area contributed by atoms with Crippen molar-refractivity contribution in [3.05, 3.63) is 110 Å². The molecule has 0 fully saturated rings. The summed E-state index contributed by atoms with van der Waals surface area (Å²) in [4.78, 5) is 43.0. The Bertz CT molecular complexity index is 1490. The lowest BCUT2D eigenvalue weighted by Crippen LogP contribution is -2.41. The van der Waals surface area contributed by atoms with Crippen LogP contribution in [0.25, 0.3) is 0 Å². The Hall–Kier alpha value is -4.40. The third kappa shape index (κ3) is 5.14. The van der Waals surface area contributed by atoms with E-state index in [1.54, 1.807) is 4.68 Å². The van der Waals surface area contributed by atoms with E-state index in [1.807, 2.05) is 81.6 Å². The predicted molar refractivity (Wildman–Crippen MR) is 140 cm³/mol. The smallest absolute Gasteiger partial charge is 0.330 e. The van der Waals surface area contributed by atoms with E-state index in [9.17, 15) is 14.4 Å². The first-order valence-electron chi connectivity index (χ1n) is 11.8. The van der Waals surface area contributed by atoms with Crippen molar-refractivity contribution in [1.82, 2.24) is 19.3 Å². The number of aryl methyl sites for hydroxylation is 2. The summed E-state index contributed by atoms with van der Waals surface area (Å²) < 4.78 is 3.08. The predicted octanol–water partition coefficient (Wildman–Crippen LogP) is 2.68. The van der Waals surface area contributed by atoms with E-state index >= 15 is 0 Å². The molecule has 0 aliphatic carbocycles. The molecule has 0 aliphatic heterocycles. The molecule has 0 saturated carbocycles. The Kier molecular flexibility index (Phi) is 7.19. The quantitative estimate of drug-likeness (QED) is 0.397. The maximum Gasteiger partial charge on any atom is 0.330 e. The van der Waals surface area contributed by atoms with Crippen molar-refractivity contribution in [1.29, 1.82) is 0 Å². The van der Waals surface area contributed by atoms with E-state index in [0.29, 0.717) is 6.42 Å². The molecule has 0 aliphatic rings. The Labute approximate surface area is 208 Å². The normalized spacial score (nSPS) is 11.0. The third-order valence-electron chi connectivity index (χ3n) is 6.40. The third-order valence-corrected chi connectivity index (χ3v) is 6.40. The van der Waals surface area contributed by atoms with Crippen molar-refractivity contribution in [2.45, 2.75) is 39.8 Å². The van der Waals surface area contributed by atoms with Gasteiger partial charge in [0.05, 0.1) is 18.8 Å². The van der Waals surface area contributed by atoms with Crippen LogP contribution >= 0.6 is 0 Å². The van der Waals surface area contributed by atoms with Crippen molar-refractivity contribution in [2.75, 3.05) is 10.6 Å². The second-order valence-corrected chi connectivity index (χ2v) is 8.80. The number of amides is 1. The lowest BCUT2D eigenvalue weighted by Gasteiger charge is -2.25. The van der Waals surface area contributed by atoms with E-state index < -0.39 is 11.2 Å². The Morgan fingerprint density at radius 2 is 1.61 bits per heavy atom.